The molecular weight excluding hydrogens is 277 g/mol. The highest BCUT2D eigenvalue weighted by Gasteiger charge is 2.40. The Hall–Kier alpha value is -0.893. The molecule has 0 aliphatic rings. The molecule has 0 aliphatic heterocycles. The summed E-state index contributed by atoms with van der Waals surface area (Å²) in [5.41, 5.74) is 0.242. The molecule has 108 valence electrons. The molecule has 0 bridgehead atoms. The third-order valence-corrected chi connectivity index (χ3v) is 5.42. The van der Waals surface area contributed by atoms with Gasteiger partial charge in [-0.15, -0.1) is 0 Å². The van der Waals surface area contributed by atoms with Crippen LogP contribution in [-0.2, 0) is 19.3 Å². The predicted molar refractivity (Wildman–Crippen MR) is 66.0 cm³/mol. The average molecular weight is 294 g/mol. The molecule has 0 saturated carbocycles. The average Bonchev–Trinajstić information content (AvgIpc) is 2.36. The minimum Gasteiger partial charge on any atom is -0.377 e. The second-order valence-electron chi connectivity index (χ2n) is 3.80. The maximum absolute atomic E-state index is 13.2. The van der Waals surface area contributed by atoms with Crippen molar-refractivity contribution in [3.63, 3.8) is 0 Å². The number of hydrogen-bond acceptors (Lipinski definition) is 3. The summed E-state index contributed by atoms with van der Waals surface area (Å²) in [6.45, 7) is 4.25. The standard InChI is InChI=1S/C12H17F3O3Si/c1-4-17-19(16-3,18-5-2)8-9-6-10(13)12(15)11(14)7-9/h6-7H,4-5,8H2,1-3H3. The molecule has 0 spiro atoms. The van der Waals surface area contributed by atoms with Crippen LogP contribution in [-0.4, -0.2) is 29.1 Å². The van der Waals surface area contributed by atoms with Gasteiger partial charge < -0.3 is 13.3 Å². The van der Waals surface area contributed by atoms with E-state index in [2.05, 4.69) is 0 Å². The highest BCUT2D eigenvalue weighted by molar-refractivity contribution is 6.60. The molecule has 0 N–H and O–H groups in total. The van der Waals surface area contributed by atoms with Crippen LogP contribution in [0.1, 0.15) is 19.4 Å². The van der Waals surface area contributed by atoms with E-state index in [0.29, 0.717) is 13.2 Å². The van der Waals surface area contributed by atoms with Crippen molar-refractivity contribution < 1.29 is 26.4 Å². The van der Waals surface area contributed by atoms with E-state index < -0.39 is 26.3 Å². The van der Waals surface area contributed by atoms with Crippen molar-refractivity contribution in [2.24, 2.45) is 0 Å². The zero-order valence-corrected chi connectivity index (χ0v) is 12.1. The molecule has 0 fully saturated rings. The molecule has 0 radical (unpaired) electrons. The summed E-state index contributed by atoms with van der Waals surface area (Å²) in [5.74, 6) is -3.95. The highest BCUT2D eigenvalue weighted by atomic mass is 28.4. The lowest BCUT2D eigenvalue weighted by molar-refractivity contribution is 0.0857. The van der Waals surface area contributed by atoms with Crippen molar-refractivity contribution in [2.45, 2.75) is 19.9 Å². The third kappa shape index (κ3) is 4.03. The van der Waals surface area contributed by atoms with E-state index in [1.165, 1.54) is 7.11 Å². The lowest BCUT2D eigenvalue weighted by Gasteiger charge is -2.27. The van der Waals surface area contributed by atoms with Crippen LogP contribution < -0.4 is 0 Å². The predicted octanol–water partition coefficient (Wildman–Crippen LogP) is 2.84. The summed E-state index contributed by atoms with van der Waals surface area (Å²) in [6, 6.07) is 1.94. The summed E-state index contributed by atoms with van der Waals surface area (Å²) in [7, 11) is -1.60. The Balaban J connectivity index is 3.02. The number of halogens is 3. The van der Waals surface area contributed by atoms with Crippen LogP contribution in [0.15, 0.2) is 12.1 Å². The Bertz CT molecular complexity index is 400. The van der Waals surface area contributed by atoms with E-state index >= 15 is 0 Å². The fraction of sp³-hybridized carbons (Fsp3) is 0.500. The minimum atomic E-state index is -3.03. The fourth-order valence-electron chi connectivity index (χ4n) is 1.73. The Morgan fingerprint density at radius 2 is 1.47 bits per heavy atom. The lowest BCUT2D eigenvalue weighted by atomic mass is 10.2. The van der Waals surface area contributed by atoms with Crippen molar-refractivity contribution in [2.75, 3.05) is 20.3 Å². The molecule has 7 heteroatoms. The first-order valence-corrected chi connectivity index (χ1v) is 7.87. The molecule has 0 saturated heterocycles. The molecule has 1 aromatic rings. The van der Waals surface area contributed by atoms with Crippen molar-refractivity contribution in [3.8, 4) is 0 Å². The van der Waals surface area contributed by atoms with Crippen LogP contribution in [0.25, 0.3) is 0 Å². The van der Waals surface area contributed by atoms with Gasteiger partial charge in [0.1, 0.15) is 0 Å². The van der Waals surface area contributed by atoms with Gasteiger partial charge in [0.15, 0.2) is 17.5 Å². The summed E-state index contributed by atoms with van der Waals surface area (Å²) >= 11 is 0. The molecule has 0 aliphatic carbocycles. The smallest absolute Gasteiger partial charge is 0.377 e. The molecule has 0 unspecified atom stereocenters. The van der Waals surface area contributed by atoms with Gasteiger partial charge in [0.05, 0.1) is 0 Å². The molecule has 0 heterocycles. The van der Waals surface area contributed by atoms with Crippen LogP contribution in [0, 0.1) is 17.5 Å². The second-order valence-corrected chi connectivity index (χ2v) is 6.51. The first kappa shape index (κ1) is 16.2. The number of hydrogen-bond donors (Lipinski definition) is 0. The van der Waals surface area contributed by atoms with Crippen LogP contribution in [0.2, 0.25) is 0 Å². The zero-order valence-electron chi connectivity index (χ0n) is 11.1. The Morgan fingerprint density at radius 3 is 1.84 bits per heavy atom. The van der Waals surface area contributed by atoms with Crippen molar-refractivity contribution in [1.82, 2.24) is 0 Å². The van der Waals surface area contributed by atoms with E-state index in [4.69, 9.17) is 13.3 Å². The van der Waals surface area contributed by atoms with E-state index in [9.17, 15) is 13.2 Å². The Kier molecular flexibility index (Phi) is 5.99. The second kappa shape index (κ2) is 7.04. The highest BCUT2D eigenvalue weighted by Crippen LogP contribution is 2.20. The number of rotatable bonds is 7. The zero-order chi connectivity index (χ0) is 14.5. The largest absolute Gasteiger partial charge is 0.505 e. The number of benzene rings is 1. The van der Waals surface area contributed by atoms with Gasteiger partial charge in [-0.1, -0.05) is 0 Å². The van der Waals surface area contributed by atoms with E-state index in [1.807, 2.05) is 0 Å². The summed E-state index contributed by atoms with van der Waals surface area (Å²) in [6.07, 6.45) is 0. The van der Waals surface area contributed by atoms with Gasteiger partial charge in [0.25, 0.3) is 0 Å². The van der Waals surface area contributed by atoms with Gasteiger partial charge >= 0.3 is 8.80 Å². The molecule has 1 rings (SSSR count). The van der Waals surface area contributed by atoms with Crippen LogP contribution >= 0.6 is 0 Å². The maximum Gasteiger partial charge on any atom is 0.505 e. The summed E-state index contributed by atoms with van der Waals surface area (Å²) in [4.78, 5) is 0. The van der Waals surface area contributed by atoms with Gasteiger partial charge in [-0.2, -0.15) is 0 Å². The van der Waals surface area contributed by atoms with Crippen LogP contribution in [0.5, 0.6) is 0 Å². The van der Waals surface area contributed by atoms with Crippen molar-refractivity contribution >= 4 is 8.80 Å². The van der Waals surface area contributed by atoms with Gasteiger partial charge in [-0.05, 0) is 31.5 Å². The summed E-state index contributed by atoms with van der Waals surface area (Å²) in [5, 5.41) is 0. The molecule has 0 amide bonds. The van der Waals surface area contributed by atoms with Crippen LogP contribution in [0.4, 0.5) is 13.2 Å². The lowest BCUT2D eigenvalue weighted by Crippen LogP contribution is -2.47. The first-order valence-electron chi connectivity index (χ1n) is 5.94. The third-order valence-electron chi connectivity index (χ3n) is 2.50. The quantitative estimate of drug-likeness (QED) is 0.572. The molecule has 0 aromatic heterocycles. The Labute approximate surface area is 111 Å². The maximum atomic E-state index is 13.2. The van der Waals surface area contributed by atoms with Crippen molar-refractivity contribution in [1.29, 1.82) is 0 Å². The fourth-order valence-corrected chi connectivity index (χ4v) is 3.98. The van der Waals surface area contributed by atoms with E-state index in [1.54, 1.807) is 13.8 Å². The Morgan fingerprint density at radius 1 is 1.00 bits per heavy atom. The topological polar surface area (TPSA) is 27.7 Å². The molecule has 0 atom stereocenters. The van der Waals surface area contributed by atoms with E-state index in [0.717, 1.165) is 12.1 Å². The van der Waals surface area contributed by atoms with Gasteiger partial charge in [-0.25, -0.2) is 13.2 Å². The molecular formula is C12H17F3O3Si. The first-order chi connectivity index (χ1) is 8.98. The van der Waals surface area contributed by atoms with Crippen LogP contribution in [0.3, 0.4) is 0 Å². The van der Waals surface area contributed by atoms with E-state index in [-0.39, 0.29) is 11.6 Å². The van der Waals surface area contributed by atoms with Gasteiger partial charge in [0.2, 0.25) is 0 Å². The normalized spacial score (nSPS) is 11.9. The molecule has 3 nitrogen and oxygen atoms in total. The summed E-state index contributed by atoms with van der Waals surface area (Å²) < 4.78 is 55.5. The van der Waals surface area contributed by atoms with Gasteiger partial charge in [0, 0.05) is 26.4 Å². The molecule has 1 aromatic carbocycles. The van der Waals surface area contributed by atoms with Crippen molar-refractivity contribution in [3.05, 3.63) is 35.1 Å². The monoisotopic (exact) mass is 294 g/mol. The SMILES string of the molecule is CCO[Si](Cc1cc(F)c(F)c(F)c1)(OC)OCC. The van der Waals surface area contributed by atoms with Gasteiger partial charge in [-0.3, -0.25) is 0 Å². The minimum absolute atomic E-state index is 0.0826. The molecule has 19 heavy (non-hydrogen) atoms.